The number of carbonyl (C=O) groups is 1. The van der Waals surface area contributed by atoms with E-state index in [0.29, 0.717) is 13.1 Å². The number of thiazole rings is 1. The third-order valence-electron chi connectivity index (χ3n) is 4.62. The molecule has 1 saturated heterocycles. The molecule has 1 fully saturated rings. The fourth-order valence-corrected chi connectivity index (χ4v) is 4.21. The number of hydrogen-bond acceptors (Lipinski definition) is 5. The van der Waals surface area contributed by atoms with Crippen molar-refractivity contribution in [3.63, 3.8) is 0 Å². The summed E-state index contributed by atoms with van der Waals surface area (Å²) in [6.07, 6.45) is 0. The minimum Gasteiger partial charge on any atom is -0.484 e. The van der Waals surface area contributed by atoms with Crippen LogP contribution in [0.5, 0.6) is 5.75 Å². The normalized spacial score (nSPS) is 14.7. The molecule has 2 heterocycles. The molecule has 4 rings (SSSR count). The number of anilines is 1. The Balaban J connectivity index is 1.34. The molecule has 2 aromatic carbocycles. The highest BCUT2D eigenvalue weighted by atomic mass is 32.1. The molecule has 0 N–H and O–H groups in total. The van der Waals surface area contributed by atoms with Crippen LogP contribution < -0.4 is 9.64 Å². The number of para-hydroxylation sites is 2. The Bertz CT molecular complexity index is 902. The monoisotopic (exact) mass is 367 g/mol. The largest absolute Gasteiger partial charge is 0.484 e. The van der Waals surface area contributed by atoms with E-state index in [2.05, 4.69) is 30.0 Å². The molecule has 0 radical (unpaired) electrons. The topological polar surface area (TPSA) is 45.7 Å². The van der Waals surface area contributed by atoms with Crippen molar-refractivity contribution in [1.82, 2.24) is 9.88 Å². The maximum atomic E-state index is 12.4. The first-order valence-electron chi connectivity index (χ1n) is 8.77. The summed E-state index contributed by atoms with van der Waals surface area (Å²) < 4.78 is 6.79. The highest BCUT2D eigenvalue weighted by molar-refractivity contribution is 7.22. The SMILES string of the molecule is Cc1cccc2sc(N3CCN(C(=O)COc4ccccc4)CC3)nc12. The number of rotatable bonds is 4. The van der Waals surface area contributed by atoms with Gasteiger partial charge in [0.2, 0.25) is 0 Å². The van der Waals surface area contributed by atoms with Gasteiger partial charge in [-0.3, -0.25) is 4.79 Å². The van der Waals surface area contributed by atoms with Gasteiger partial charge in [0.05, 0.1) is 10.2 Å². The Labute approximate surface area is 156 Å². The first-order chi connectivity index (χ1) is 12.7. The summed E-state index contributed by atoms with van der Waals surface area (Å²) in [5, 5.41) is 1.04. The van der Waals surface area contributed by atoms with E-state index < -0.39 is 0 Å². The molecular weight excluding hydrogens is 346 g/mol. The molecule has 3 aromatic rings. The fraction of sp³-hybridized carbons (Fsp3) is 0.300. The molecule has 1 aromatic heterocycles. The summed E-state index contributed by atoms with van der Waals surface area (Å²) >= 11 is 1.72. The molecule has 1 amide bonds. The number of ether oxygens (including phenoxy) is 1. The number of aromatic nitrogens is 1. The average molecular weight is 367 g/mol. The van der Waals surface area contributed by atoms with Crippen LogP contribution in [0.4, 0.5) is 5.13 Å². The zero-order valence-electron chi connectivity index (χ0n) is 14.7. The molecule has 6 heteroatoms. The maximum absolute atomic E-state index is 12.4. The first kappa shape index (κ1) is 16.8. The van der Waals surface area contributed by atoms with Gasteiger partial charge in [0.1, 0.15) is 5.75 Å². The lowest BCUT2D eigenvalue weighted by Gasteiger charge is -2.34. The van der Waals surface area contributed by atoms with Gasteiger partial charge in [0.15, 0.2) is 11.7 Å². The van der Waals surface area contributed by atoms with Gasteiger partial charge < -0.3 is 14.5 Å². The van der Waals surface area contributed by atoms with Gasteiger partial charge in [-0.15, -0.1) is 0 Å². The Morgan fingerprint density at radius 1 is 1.08 bits per heavy atom. The van der Waals surface area contributed by atoms with E-state index in [1.807, 2.05) is 35.2 Å². The van der Waals surface area contributed by atoms with E-state index in [4.69, 9.17) is 9.72 Å². The summed E-state index contributed by atoms with van der Waals surface area (Å²) in [4.78, 5) is 21.3. The molecule has 0 unspecified atom stereocenters. The fourth-order valence-electron chi connectivity index (χ4n) is 3.11. The van der Waals surface area contributed by atoms with E-state index in [9.17, 15) is 4.79 Å². The standard InChI is InChI=1S/C20H21N3O2S/c1-15-6-5-9-17-19(15)21-20(26-17)23-12-10-22(11-13-23)18(24)14-25-16-7-3-2-4-8-16/h2-9H,10-14H2,1H3. The third kappa shape index (κ3) is 3.51. The number of benzene rings is 2. The number of amides is 1. The predicted molar refractivity (Wildman–Crippen MR) is 105 cm³/mol. The highest BCUT2D eigenvalue weighted by Crippen LogP contribution is 2.31. The van der Waals surface area contributed by atoms with Crippen molar-refractivity contribution >= 4 is 32.6 Å². The molecule has 0 atom stereocenters. The van der Waals surface area contributed by atoms with Crippen LogP contribution in [-0.2, 0) is 4.79 Å². The Kier molecular flexibility index (Phi) is 4.75. The zero-order chi connectivity index (χ0) is 17.9. The van der Waals surface area contributed by atoms with Crippen LogP contribution in [0.25, 0.3) is 10.2 Å². The van der Waals surface area contributed by atoms with Crippen molar-refractivity contribution in [2.75, 3.05) is 37.7 Å². The molecule has 0 saturated carbocycles. The average Bonchev–Trinajstić information content (AvgIpc) is 3.13. The van der Waals surface area contributed by atoms with E-state index >= 15 is 0 Å². The van der Waals surface area contributed by atoms with Crippen LogP contribution in [0, 0.1) is 6.92 Å². The van der Waals surface area contributed by atoms with Crippen molar-refractivity contribution in [3.8, 4) is 5.75 Å². The number of piperazine rings is 1. The molecule has 0 bridgehead atoms. The summed E-state index contributed by atoms with van der Waals surface area (Å²) in [5.41, 5.74) is 2.29. The molecule has 134 valence electrons. The molecule has 0 spiro atoms. The highest BCUT2D eigenvalue weighted by Gasteiger charge is 2.23. The van der Waals surface area contributed by atoms with Crippen LogP contribution in [0.15, 0.2) is 48.5 Å². The molecule has 26 heavy (non-hydrogen) atoms. The van der Waals surface area contributed by atoms with Crippen molar-refractivity contribution in [1.29, 1.82) is 0 Å². The van der Waals surface area contributed by atoms with E-state index in [1.54, 1.807) is 11.3 Å². The van der Waals surface area contributed by atoms with Crippen LogP contribution in [0.3, 0.4) is 0 Å². The van der Waals surface area contributed by atoms with Crippen molar-refractivity contribution < 1.29 is 9.53 Å². The maximum Gasteiger partial charge on any atom is 0.260 e. The van der Waals surface area contributed by atoms with E-state index in [0.717, 1.165) is 29.5 Å². The Hall–Kier alpha value is -2.60. The number of carbonyl (C=O) groups excluding carboxylic acids is 1. The molecule has 1 aliphatic heterocycles. The lowest BCUT2D eigenvalue weighted by molar-refractivity contribution is -0.133. The smallest absolute Gasteiger partial charge is 0.260 e. The summed E-state index contributed by atoms with van der Waals surface area (Å²) in [7, 11) is 0. The second kappa shape index (κ2) is 7.33. The summed E-state index contributed by atoms with van der Waals surface area (Å²) in [6.45, 7) is 5.18. The van der Waals surface area contributed by atoms with Crippen LogP contribution >= 0.6 is 11.3 Å². The number of fused-ring (bicyclic) bond motifs is 1. The van der Waals surface area contributed by atoms with Gasteiger partial charge in [-0.2, -0.15) is 0 Å². The lowest BCUT2D eigenvalue weighted by Crippen LogP contribution is -2.50. The number of aryl methyl sites for hydroxylation is 1. The van der Waals surface area contributed by atoms with Gasteiger partial charge in [0.25, 0.3) is 5.91 Å². The van der Waals surface area contributed by atoms with Crippen molar-refractivity contribution in [3.05, 3.63) is 54.1 Å². The van der Waals surface area contributed by atoms with E-state index in [-0.39, 0.29) is 12.5 Å². The Morgan fingerprint density at radius 3 is 2.58 bits per heavy atom. The second-order valence-electron chi connectivity index (χ2n) is 6.39. The zero-order valence-corrected chi connectivity index (χ0v) is 15.5. The van der Waals surface area contributed by atoms with E-state index in [1.165, 1.54) is 10.3 Å². The van der Waals surface area contributed by atoms with Gasteiger partial charge in [-0.25, -0.2) is 4.98 Å². The third-order valence-corrected chi connectivity index (χ3v) is 5.70. The van der Waals surface area contributed by atoms with Crippen molar-refractivity contribution in [2.45, 2.75) is 6.92 Å². The quantitative estimate of drug-likeness (QED) is 0.710. The van der Waals surface area contributed by atoms with Gasteiger partial charge in [-0.05, 0) is 30.7 Å². The minimum atomic E-state index is 0.0358. The predicted octanol–water partition coefficient (Wildman–Crippen LogP) is 3.33. The summed E-state index contributed by atoms with van der Waals surface area (Å²) in [5.74, 6) is 0.762. The van der Waals surface area contributed by atoms with Crippen molar-refractivity contribution in [2.24, 2.45) is 0 Å². The van der Waals surface area contributed by atoms with Gasteiger partial charge in [0, 0.05) is 26.2 Å². The first-order valence-corrected chi connectivity index (χ1v) is 9.59. The number of hydrogen-bond donors (Lipinski definition) is 0. The molecular formula is C20H21N3O2S. The van der Waals surface area contributed by atoms with Crippen LogP contribution in [0.1, 0.15) is 5.56 Å². The molecule has 0 aliphatic carbocycles. The Morgan fingerprint density at radius 2 is 1.85 bits per heavy atom. The summed E-state index contributed by atoms with van der Waals surface area (Å²) in [6, 6.07) is 15.7. The van der Waals surface area contributed by atoms with Crippen LogP contribution in [-0.4, -0.2) is 48.6 Å². The molecule has 1 aliphatic rings. The minimum absolute atomic E-state index is 0.0358. The second-order valence-corrected chi connectivity index (χ2v) is 7.40. The van der Waals surface area contributed by atoms with Crippen LogP contribution in [0.2, 0.25) is 0 Å². The van der Waals surface area contributed by atoms with Gasteiger partial charge >= 0.3 is 0 Å². The molecule has 5 nitrogen and oxygen atoms in total. The van der Waals surface area contributed by atoms with Gasteiger partial charge in [-0.1, -0.05) is 41.7 Å². The number of nitrogens with zero attached hydrogens (tertiary/aromatic N) is 3. The lowest BCUT2D eigenvalue weighted by atomic mass is 10.2.